The van der Waals surface area contributed by atoms with Crippen molar-refractivity contribution >= 4 is 58.8 Å². The number of hydrogen-bond acceptors (Lipinski definition) is 10. The smallest absolute Gasteiger partial charge is 0.408 e. The molecule has 1 aliphatic heterocycles. The third-order valence-electron chi connectivity index (χ3n) is 8.96. The van der Waals surface area contributed by atoms with Gasteiger partial charge >= 0.3 is 12.1 Å². The normalized spacial score (nSPS) is 16.7. The van der Waals surface area contributed by atoms with Crippen LogP contribution < -0.4 is 30.5 Å². The molecule has 52 heavy (non-hydrogen) atoms. The molecule has 0 bridgehead atoms. The minimum absolute atomic E-state index is 0.0479. The van der Waals surface area contributed by atoms with Gasteiger partial charge in [-0.05, 0) is 82.3 Å². The summed E-state index contributed by atoms with van der Waals surface area (Å²) in [6.07, 6.45) is 9.26. The Kier molecular flexibility index (Phi) is 11.7. The molecule has 14 heteroatoms. The molecule has 0 unspecified atom stereocenters. The van der Waals surface area contributed by atoms with Crippen molar-refractivity contribution in [1.82, 2.24) is 15.3 Å². The quantitative estimate of drug-likeness (QED) is 0.164. The van der Waals surface area contributed by atoms with Crippen molar-refractivity contribution in [3.8, 4) is 5.75 Å². The lowest BCUT2D eigenvalue weighted by Gasteiger charge is -2.43. The van der Waals surface area contributed by atoms with Gasteiger partial charge in [-0.2, -0.15) is 4.98 Å². The Morgan fingerprint density at radius 1 is 1.10 bits per heavy atom. The third-order valence-corrected chi connectivity index (χ3v) is 8.96. The highest BCUT2D eigenvalue weighted by atomic mass is 16.6. The number of rotatable bonds is 12. The fourth-order valence-electron chi connectivity index (χ4n) is 6.39. The Bertz CT molecular complexity index is 1820. The average molecular weight is 714 g/mol. The monoisotopic (exact) mass is 713 g/mol. The number of carboxylic acid groups (broad SMARTS) is 1. The molecule has 1 aliphatic carbocycles. The van der Waals surface area contributed by atoms with Gasteiger partial charge in [0, 0.05) is 24.3 Å². The number of benzene rings is 2. The number of carbonyl (C=O) groups is 4. The number of carboxylic acids is 1. The van der Waals surface area contributed by atoms with Gasteiger partial charge in [0.25, 0.3) is 5.91 Å². The van der Waals surface area contributed by atoms with Crippen LogP contribution in [0.4, 0.5) is 33.6 Å². The molecule has 0 radical (unpaired) electrons. The van der Waals surface area contributed by atoms with Gasteiger partial charge in [0.2, 0.25) is 11.9 Å². The van der Waals surface area contributed by atoms with E-state index in [0.717, 1.165) is 37.1 Å². The van der Waals surface area contributed by atoms with Crippen LogP contribution >= 0.6 is 0 Å². The van der Waals surface area contributed by atoms with E-state index in [1.165, 1.54) is 7.11 Å². The number of aliphatic carboxylic acids is 1. The fourth-order valence-corrected chi connectivity index (χ4v) is 6.39. The van der Waals surface area contributed by atoms with E-state index in [1.807, 2.05) is 6.92 Å². The van der Waals surface area contributed by atoms with Crippen molar-refractivity contribution in [2.75, 3.05) is 34.6 Å². The largest absolute Gasteiger partial charge is 0.495 e. The molecule has 5 rings (SSSR count). The zero-order chi connectivity index (χ0) is 37.6. The van der Waals surface area contributed by atoms with Gasteiger partial charge in [0.15, 0.2) is 5.82 Å². The van der Waals surface area contributed by atoms with Crippen molar-refractivity contribution in [3.05, 3.63) is 65.9 Å². The second-order valence-corrected chi connectivity index (χ2v) is 13.9. The van der Waals surface area contributed by atoms with Crippen LogP contribution in [0.15, 0.2) is 54.7 Å². The molecule has 3 amide bonds. The van der Waals surface area contributed by atoms with E-state index in [1.54, 1.807) is 93.5 Å². The number of carbonyl (C=O) groups excluding carboxylic acids is 3. The summed E-state index contributed by atoms with van der Waals surface area (Å²) >= 11 is 0. The number of fused-ring (bicyclic) bond motifs is 1. The first kappa shape index (κ1) is 37.6. The number of amides is 3. The number of hydrogen-bond donors (Lipinski definition) is 4. The van der Waals surface area contributed by atoms with Crippen LogP contribution in [0.25, 0.3) is 6.08 Å². The molecule has 4 N–H and O–H groups in total. The molecule has 276 valence electrons. The average Bonchev–Trinajstić information content (AvgIpc) is 3.64. The lowest BCUT2D eigenvalue weighted by atomic mass is 10.0. The highest BCUT2D eigenvalue weighted by Gasteiger charge is 2.41. The van der Waals surface area contributed by atoms with Gasteiger partial charge in [-0.15, -0.1) is 0 Å². The van der Waals surface area contributed by atoms with Gasteiger partial charge in [-0.1, -0.05) is 44.1 Å². The molecule has 0 saturated heterocycles. The number of methoxy groups -OCH3 is 1. The van der Waals surface area contributed by atoms with Crippen LogP contribution in [0.3, 0.4) is 0 Å². The van der Waals surface area contributed by atoms with E-state index in [0.29, 0.717) is 40.7 Å². The second kappa shape index (κ2) is 16.1. The molecule has 1 aromatic heterocycles. The van der Waals surface area contributed by atoms with E-state index < -0.39 is 23.7 Å². The van der Waals surface area contributed by atoms with E-state index in [4.69, 9.17) is 14.5 Å². The number of aromatic nitrogens is 2. The van der Waals surface area contributed by atoms with Gasteiger partial charge in [0.1, 0.15) is 29.1 Å². The first-order valence-electron chi connectivity index (χ1n) is 17.5. The maximum absolute atomic E-state index is 13.2. The standard InChI is InChI=1S/C38H47N7O7/c1-7-29-34(47)44(5)30-22-39-36(43-32(30)45(29)26-12-8-9-13-26)41-27-20-17-24(21-31(27)51-6)33(46)40-25-18-15-23(16-19-25)11-10-14-28(35(48)49)42-37(50)52-38(2,3)4/h10-11,15-22,26,28-29H,7-9,12-14H2,1-6H3,(H,40,46)(H,42,50)(H,48,49)(H,39,41,43)/t28-,29+/m0/s1. The van der Waals surface area contributed by atoms with Crippen LogP contribution in [0.5, 0.6) is 5.75 Å². The topological polar surface area (TPSA) is 175 Å². The van der Waals surface area contributed by atoms with Crippen molar-refractivity contribution in [3.63, 3.8) is 0 Å². The lowest BCUT2D eigenvalue weighted by Crippen LogP contribution is -2.55. The second-order valence-electron chi connectivity index (χ2n) is 13.9. The molecule has 1 saturated carbocycles. The minimum atomic E-state index is -1.18. The zero-order valence-corrected chi connectivity index (χ0v) is 30.4. The van der Waals surface area contributed by atoms with Crippen molar-refractivity contribution in [2.24, 2.45) is 0 Å². The van der Waals surface area contributed by atoms with E-state index >= 15 is 0 Å². The van der Waals surface area contributed by atoms with Crippen molar-refractivity contribution in [2.45, 2.75) is 89.9 Å². The molecule has 0 spiro atoms. The molecular weight excluding hydrogens is 666 g/mol. The SMILES string of the molecule is CC[C@@H]1C(=O)N(C)c2cnc(Nc3ccc(C(=O)Nc4ccc(C=CC[C@H](NC(=O)OC(C)(C)C)C(=O)O)cc4)cc3OC)nc2N1C1CCCC1. The summed E-state index contributed by atoms with van der Waals surface area (Å²) in [5.41, 5.74) is 2.20. The molecule has 1 fully saturated rings. The van der Waals surface area contributed by atoms with Crippen LogP contribution in [-0.4, -0.2) is 76.8 Å². The molecule has 2 atom stereocenters. The molecule has 2 aliphatic rings. The van der Waals surface area contributed by atoms with Crippen LogP contribution in [0.2, 0.25) is 0 Å². The van der Waals surface area contributed by atoms with Gasteiger partial charge in [-0.3, -0.25) is 9.59 Å². The zero-order valence-electron chi connectivity index (χ0n) is 30.4. The first-order chi connectivity index (χ1) is 24.8. The maximum atomic E-state index is 13.2. The number of nitrogens with one attached hydrogen (secondary N) is 3. The Morgan fingerprint density at radius 2 is 1.81 bits per heavy atom. The van der Waals surface area contributed by atoms with Crippen LogP contribution in [0.1, 0.15) is 82.1 Å². The first-order valence-corrected chi connectivity index (χ1v) is 17.5. The number of anilines is 5. The van der Waals surface area contributed by atoms with E-state index in [2.05, 4.69) is 25.8 Å². The summed E-state index contributed by atoms with van der Waals surface area (Å²) in [6, 6.07) is 10.9. The van der Waals surface area contributed by atoms with Crippen LogP contribution in [0, 0.1) is 0 Å². The number of alkyl carbamates (subject to hydrolysis) is 1. The highest BCUT2D eigenvalue weighted by molar-refractivity contribution is 6.05. The summed E-state index contributed by atoms with van der Waals surface area (Å²) in [7, 11) is 3.28. The predicted molar refractivity (Wildman–Crippen MR) is 199 cm³/mol. The Labute approximate surface area is 303 Å². The summed E-state index contributed by atoms with van der Waals surface area (Å²) in [4.78, 5) is 63.3. The van der Waals surface area contributed by atoms with Crippen molar-refractivity contribution < 1.29 is 33.8 Å². The van der Waals surface area contributed by atoms with Gasteiger partial charge in [-0.25, -0.2) is 14.6 Å². The maximum Gasteiger partial charge on any atom is 0.408 e. The van der Waals surface area contributed by atoms with Crippen LogP contribution in [-0.2, 0) is 14.3 Å². The fraction of sp³-hybridized carbons (Fsp3) is 0.421. The predicted octanol–water partition coefficient (Wildman–Crippen LogP) is 6.37. The highest BCUT2D eigenvalue weighted by Crippen LogP contribution is 2.40. The Hall–Kier alpha value is -5.66. The third kappa shape index (κ3) is 8.97. The van der Waals surface area contributed by atoms with E-state index in [9.17, 15) is 24.3 Å². The summed E-state index contributed by atoms with van der Waals surface area (Å²) in [5.74, 6) is 0.0228. The minimum Gasteiger partial charge on any atom is -0.495 e. The van der Waals surface area contributed by atoms with Gasteiger partial charge in [0.05, 0.1) is 19.0 Å². The van der Waals surface area contributed by atoms with Gasteiger partial charge < -0.3 is 40.3 Å². The molecule has 2 aromatic carbocycles. The summed E-state index contributed by atoms with van der Waals surface area (Å²) in [6.45, 7) is 7.11. The molecule has 3 aromatic rings. The number of likely N-dealkylation sites (N-methyl/N-ethyl adjacent to an activating group) is 1. The summed E-state index contributed by atoms with van der Waals surface area (Å²) in [5, 5.41) is 18.0. The molecule has 2 heterocycles. The number of ether oxygens (including phenoxy) is 2. The van der Waals surface area contributed by atoms with Crippen molar-refractivity contribution in [1.29, 1.82) is 0 Å². The summed E-state index contributed by atoms with van der Waals surface area (Å²) < 4.78 is 10.8. The Balaban J connectivity index is 1.23. The Morgan fingerprint density at radius 3 is 2.44 bits per heavy atom. The van der Waals surface area contributed by atoms with E-state index in [-0.39, 0.29) is 30.3 Å². The lowest BCUT2D eigenvalue weighted by molar-refractivity contribution is -0.139. The molecule has 14 nitrogen and oxygen atoms in total. The number of nitrogens with zero attached hydrogens (tertiary/aromatic N) is 4. The molecular formula is C38H47N7O7.